The van der Waals surface area contributed by atoms with Crippen LogP contribution in [-0.2, 0) is 9.24 Å². The number of carbonyl (C=O) groups is 1. The Kier molecular flexibility index (Phi) is 3.41. The number of hydrogen-bond acceptors (Lipinski definition) is 6. The monoisotopic (exact) mass is 309 g/mol. The highest BCUT2D eigenvalue weighted by molar-refractivity contribution is 8.12. The molecule has 1 aromatic heterocycles. The van der Waals surface area contributed by atoms with Crippen LogP contribution in [-0.4, -0.2) is 52.6 Å². The summed E-state index contributed by atoms with van der Waals surface area (Å²) in [5.41, 5.74) is -0.545. The molecule has 1 fully saturated rings. The molecule has 0 saturated heterocycles. The van der Waals surface area contributed by atoms with Crippen LogP contribution < -0.4 is 5.69 Å². The van der Waals surface area contributed by atoms with Crippen molar-refractivity contribution in [3.63, 3.8) is 0 Å². The van der Waals surface area contributed by atoms with Gasteiger partial charge in [-0.1, -0.05) is 0 Å². The van der Waals surface area contributed by atoms with E-state index in [0.717, 1.165) is 22.4 Å². The van der Waals surface area contributed by atoms with Crippen molar-refractivity contribution in [1.29, 1.82) is 0 Å². The molecule has 11 heteroatoms. The largest absolute Gasteiger partial charge is 0.343 e. The van der Waals surface area contributed by atoms with Crippen molar-refractivity contribution in [3.8, 4) is 0 Å². The highest BCUT2D eigenvalue weighted by Crippen LogP contribution is 2.34. The smallest absolute Gasteiger partial charge is 0.268 e. The van der Waals surface area contributed by atoms with Gasteiger partial charge in [0.25, 0.3) is 0 Å². The first-order valence-corrected chi connectivity index (χ1v) is 7.63. The topological polar surface area (TPSA) is 108 Å². The standard InChI is InChI=1S/C8H12ClN5O4S/c1-12(2)14(19(9,17)18)7(15)6-10-11-8(16)13(6)5-3-4-5/h5H,3-4H2,1-2H3,(H,11,16). The molecule has 19 heavy (non-hydrogen) atoms. The van der Waals surface area contributed by atoms with E-state index < -0.39 is 20.8 Å². The molecule has 0 spiro atoms. The Bertz CT molecular complexity index is 659. The third kappa shape index (κ3) is 2.65. The summed E-state index contributed by atoms with van der Waals surface area (Å²) in [6.45, 7) is 0. The summed E-state index contributed by atoms with van der Waals surface area (Å²) in [7, 11) is 3.57. The second-order valence-corrected chi connectivity index (χ2v) is 6.63. The van der Waals surface area contributed by atoms with Crippen LogP contribution in [0.15, 0.2) is 4.79 Å². The Balaban J connectivity index is 2.46. The van der Waals surface area contributed by atoms with Gasteiger partial charge in [-0.05, 0) is 12.8 Å². The summed E-state index contributed by atoms with van der Waals surface area (Å²) in [4.78, 5) is 23.7. The van der Waals surface area contributed by atoms with Gasteiger partial charge in [-0.2, -0.15) is 8.42 Å². The van der Waals surface area contributed by atoms with Crippen LogP contribution in [0.5, 0.6) is 0 Å². The van der Waals surface area contributed by atoms with Crippen molar-refractivity contribution in [2.24, 2.45) is 0 Å². The molecule has 0 radical (unpaired) electrons. The highest BCUT2D eigenvalue weighted by atomic mass is 35.7. The molecule has 1 aromatic rings. The van der Waals surface area contributed by atoms with Gasteiger partial charge in [0.1, 0.15) is 0 Å². The molecule has 106 valence electrons. The molecule has 1 amide bonds. The second kappa shape index (κ2) is 4.62. The maximum absolute atomic E-state index is 12.2. The molecule has 1 N–H and O–H groups in total. The van der Waals surface area contributed by atoms with Crippen molar-refractivity contribution in [1.82, 2.24) is 24.2 Å². The molecule has 2 rings (SSSR count). The molecule has 0 bridgehead atoms. The minimum atomic E-state index is -4.31. The van der Waals surface area contributed by atoms with E-state index in [2.05, 4.69) is 10.2 Å². The fraction of sp³-hybridized carbons (Fsp3) is 0.625. The summed E-state index contributed by atoms with van der Waals surface area (Å²) in [5.74, 6) is -1.25. The first kappa shape index (κ1) is 14.0. The average molecular weight is 310 g/mol. The average Bonchev–Trinajstić information content (AvgIpc) is 2.99. The third-order valence-electron chi connectivity index (χ3n) is 2.55. The van der Waals surface area contributed by atoms with Crippen molar-refractivity contribution in [2.75, 3.05) is 14.1 Å². The van der Waals surface area contributed by atoms with Crippen LogP contribution in [0.4, 0.5) is 0 Å². The Hall–Kier alpha value is -1.39. The molecule has 9 nitrogen and oxygen atoms in total. The first-order chi connectivity index (χ1) is 8.73. The van der Waals surface area contributed by atoms with Gasteiger partial charge in [-0.25, -0.2) is 14.9 Å². The molecular formula is C8H12ClN5O4S. The Morgan fingerprint density at radius 2 is 2.05 bits per heavy atom. The minimum Gasteiger partial charge on any atom is -0.268 e. The number of aromatic nitrogens is 3. The number of hydrogen-bond donors (Lipinski definition) is 1. The lowest BCUT2D eigenvalue weighted by Crippen LogP contribution is -2.45. The minimum absolute atomic E-state index is 0.118. The SMILES string of the molecule is CN(C)N(C(=O)c1n[nH]c(=O)n1C1CC1)S(=O)(=O)Cl. The normalized spacial score (nSPS) is 15.8. The van der Waals surface area contributed by atoms with Crippen LogP contribution in [0.2, 0.25) is 0 Å². The van der Waals surface area contributed by atoms with E-state index in [0.29, 0.717) is 4.41 Å². The zero-order chi connectivity index (χ0) is 14.4. The van der Waals surface area contributed by atoms with E-state index in [1.54, 1.807) is 0 Å². The molecular weight excluding hydrogens is 298 g/mol. The van der Waals surface area contributed by atoms with Crippen LogP contribution in [0.1, 0.15) is 29.5 Å². The number of nitrogens with one attached hydrogen (secondary N) is 1. The maximum atomic E-state index is 12.2. The van der Waals surface area contributed by atoms with Gasteiger partial charge < -0.3 is 0 Å². The highest BCUT2D eigenvalue weighted by Gasteiger charge is 2.36. The zero-order valence-corrected chi connectivity index (χ0v) is 11.8. The molecule has 1 saturated carbocycles. The molecule has 1 aliphatic carbocycles. The van der Waals surface area contributed by atoms with E-state index in [4.69, 9.17) is 10.7 Å². The van der Waals surface area contributed by atoms with Gasteiger partial charge in [0, 0.05) is 30.8 Å². The summed E-state index contributed by atoms with van der Waals surface area (Å²) in [6, 6.07) is -0.118. The lowest BCUT2D eigenvalue weighted by Gasteiger charge is -2.24. The number of halogens is 1. The van der Waals surface area contributed by atoms with Crippen LogP contribution in [0.25, 0.3) is 0 Å². The van der Waals surface area contributed by atoms with Crippen LogP contribution in [0, 0.1) is 0 Å². The van der Waals surface area contributed by atoms with E-state index >= 15 is 0 Å². The number of aromatic amines is 1. The maximum Gasteiger partial charge on any atom is 0.343 e. The molecule has 0 atom stereocenters. The quantitative estimate of drug-likeness (QED) is 0.582. The molecule has 0 unspecified atom stereocenters. The Morgan fingerprint density at radius 1 is 1.47 bits per heavy atom. The van der Waals surface area contributed by atoms with Gasteiger partial charge in [0.15, 0.2) is 0 Å². The predicted octanol–water partition coefficient (Wildman–Crippen LogP) is -0.691. The molecule has 1 heterocycles. The van der Waals surface area contributed by atoms with Crippen molar-refractivity contribution < 1.29 is 13.2 Å². The predicted molar refractivity (Wildman–Crippen MR) is 65.7 cm³/mol. The summed E-state index contributed by atoms with van der Waals surface area (Å²) in [5, 5.41) is 6.72. The van der Waals surface area contributed by atoms with E-state index in [9.17, 15) is 18.0 Å². The van der Waals surface area contributed by atoms with Crippen LogP contribution in [0.3, 0.4) is 0 Å². The lowest BCUT2D eigenvalue weighted by atomic mass is 10.5. The molecule has 0 aliphatic heterocycles. The number of carbonyl (C=O) groups excluding carboxylic acids is 1. The Morgan fingerprint density at radius 3 is 2.47 bits per heavy atom. The van der Waals surface area contributed by atoms with Gasteiger partial charge in [-0.15, -0.1) is 9.51 Å². The van der Waals surface area contributed by atoms with E-state index in [1.807, 2.05) is 0 Å². The van der Waals surface area contributed by atoms with E-state index in [1.165, 1.54) is 14.1 Å². The van der Waals surface area contributed by atoms with E-state index in [-0.39, 0.29) is 11.9 Å². The zero-order valence-electron chi connectivity index (χ0n) is 10.2. The fourth-order valence-electron chi connectivity index (χ4n) is 1.69. The van der Waals surface area contributed by atoms with Crippen molar-refractivity contribution >= 4 is 25.8 Å². The van der Waals surface area contributed by atoms with Crippen molar-refractivity contribution in [2.45, 2.75) is 18.9 Å². The fourth-order valence-corrected chi connectivity index (χ4v) is 2.92. The first-order valence-electron chi connectivity index (χ1n) is 5.37. The van der Waals surface area contributed by atoms with Gasteiger partial charge >= 0.3 is 20.8 Å². The number of nitrogens with zero attached hydrogens (tertiary/aromatic N) is 4. The Labute approximate surface area is 113 Å². The number of hydrazine groups is 1. The number of H-pyrrole nitrogens is 1. The number of amides is 1. The summed E-state index contributed by atoms with van der Waals surface area (Å²) in [6.07, 6.45) is 1.49. The van der Waals surface area contributed by atoms with Crippen molar-refractivity contribution in [3.05, 3.63) is 16.3 Å². The number of rotatable bonds is 4. The van der Waals surface area contributed by atoms with Gasteiger partial charge in [0.2, 0.25) is 5.82 Å². The molecule has 0 aromatic carbocycles. The van der Waals surface area contributed by atoms with Gasteiger partial charge in [-0.3, -0.25) is 9.36 Å². The third-order valence-corrected chi connectivity index (χ3v) is 3.85. The van der Waals surface area contributed by atoms with Gasteiger partial charge in [0.05, 0.1) is 0 Å². The second-order valence-electron chi connectivity index (χ2n) is 4.29. The summed E-state index contributed by atoms with van der Waals surface area (Å²) < 4.78 is 24.3. The lowest BCUT2D eigenvalue weighted by molar-refractivity contribution is 0.0573. The van der Waals surface area contributed by atoms with Crippen LogP contribution >= 0.6 is 10.7 Å². The molecule has 1 aliphatic rings. The summed E-state index contributed by atoms with van der Waals surface area (Å²) >= 11 is 0.